The number of hydrogen-bond acceptors (Lipinski definition) is 9. The molecule has 0 heterocycles. The Bertz CT molecular complexity index is 734. The Morgan fingerprint density at radius 2 is 1.88 bits per heavy atom. The SMILES string of the molecule is CCOC(=O)N(C(=O)CCCCO[N+](=O)[O-])c1ccc(OCC(O)CNC(C)(C)C)cc1. The third-order valence-electron chi connectivity index (χ3n) is 4.09. The first-order valence-corrected chi connectivity index (χ1v) is 10.5. The highest BCUT2D eigenvalue weighted by Crippen LogP contribution is 2.22. The Hall–Kier alpha value is -2.92. The summed E-state index contributed by atoms with van der Waals surface area (Å²) in [4.78, 5) is 40.2. The molecule has 1 atom stereocenters. The minimum absolute atomic E-state index is 0.00882. The van der Waals surface area contributed by atoms with Crippen LogP contribution in [0.3, 0.4) is 0 Å². The molecule has 0 aliphatic heterocycles. The smallest absolute Gasteiger partial charge is 0.421 e. The maximum Gasteiger partial charge on any atom is 0.421 e. The lowest BCUT2D eigenvalue weighted by Gasteiger charge is -2.23. The number of nitrogens with zero attached hydrogens (tertiary/aromatic N) is 2. The van der Waals surface area contributed by atoms with Crippen molar-refractivity contribution in [3.63, 3.8) is 0 Å². The van der Waals surface area contributed by atoms with E-state index in [1.807, 2.05) is 20.8 Å². The average molecular weight is 456 g/mol. The van der Waals surface area contributed by atoms with Gasteiger partial charge in [-0.25, -0.2) is 9.69 Å². The van der Waals surface area contributed by atoms with E-state index in [-0.39, 0.29) is 31.8 Å². The van der Waals surface area contributed by atoms with E-state index in [0.29, 0.717) is 30.8 Å². The second-order valence-corrected chi connectivity index (χ2v) is 8.03. The highest BCUT2D eigenvalue weighted by Gasteiger charge is 2.24. The molecule has 2 amide bonds. The number of aliphatic hydroxyl groups is 1. The molecule has 11 heteroatoms. The van der Waals surface area contributed by atoms with Crippen molar-refractivity contribution in [2.75, 3.05) is 31.3 Å². The van der Waals surface area contributed by atoms with Crippen molar-refractivity contribution in [1.29, 1.82) is 0 Å². The molecule has 1 rings (SSSR count). The summed E-state index contributed by atoms with van der Waals surface area (Å²) in [7, 11) is 0. The first-order chi connectivity index (χ1) is 15.0. The van der Waals surface area contributed by atoms with E-state index < -0.39 is 23.2 Å². The summed E-state index contributed by atoms with van der Waals surface area (Å²) in [5, 5.41) is 22.5. The van der Waals surface area contributed by atoms with Gasteiger partial charge in [-0.3, -0.25) is 4.79 Å². The van der Waals surface area contributed by atoms with E-state index >= 15 is 0 Å². The molecule has 0 saturated heterocycles. The molecule has 180 valence electrons. The molecule has 0 spiro atoms. The largest absolute Gasteiger partial charge is 0.491 e. The minimum Gasteiger partial charge on any atom is -0.491 e. The molecule has 2 N–H and O–H groups in total. The second kappa shape index (κ2) is 13.5. The molecular formula is C21H33N3O8. The average Bonchev–Trinajstić information content (AvgIpc) is 2.71. The summed E-state index contributed by atoms with van der Waals surface area (Å²) >= 11 is 0. The van der Waals surface area contributed by atoms with E-state index in [1.165, 1.54) is 0 Å². The lowest BCUT2D eigenvalue weighted by Crippen LogP contribution is -2.42. The van der Waals surface area contributed by atoms with Crippen LogP contribution in [0.1, 0.15) is 47.0 Å². The monoisotopic (exact) mass is 455 g/mol. The molecule has 0 fully saturated rings. The number of rotatable bonds is 13. The van der Waals surface area contributed by atoms with Gasteiger partial charge in [-0.1, -0.05) is 0 Å². The Morgan fingerprint density at radius 1 is 1.22 bits per heavy atom. The molecule has 32 heavy (non-hydrogen) atoms. The van der Waals surface area contributed by atoms with Crippen LogP contribution in [0.5, 0.6) is 5.75 Å². The number of carbonyl (C=O) groups excluding carboxylic acids is 2. The number of hydrogen-bond donors (Lipinski definition) is 2. The molecule has 1 aromatic rings. The van der Waals surface area contributed by atoms with Crippen LogP contribution in [-0.2, 0) is 14.4 Å². The number of nitrogens with one attached hydrogen (secondary N) is 1. The van der Waals surface area contributed by atoms with Crippen LogP contribution in [0.4, 0.5) is 10.5 Å². The van der Waals surface area contributed by atoms with Crippen molar-refractivity contribution in [2.24, 2.45) is 0 Å². The van der Waals surface area contributed by atoms with Gasteiger partial charge in [0.15, 0.2) is 0 Å². The fourth-order valence-electron chi connectivity index (χ4n) is 2.54. The Morgan fingerprint density at radius 3 is 2.44 bits per heavy atom. The second-order valence-electron chi connectivity index (χ2n) is 8.03. The van der Waals surface area contributed by atoms with Crippen LogP contribution < -0.4 is 15.0 Å². The molecule has 0 aliphatic rings. The highest BCUT2D eigenvalue weighted by molar-refractivity contribution is 6.12. The van der Waals surface area contributed by atoms with Gasteiger partial charge in [-0.2, -0.15) is 0 Å². The molecule has 0 bridgehead atoms. The predicted octanol–water partition coefficient (Wildman–Crippen LogP) is 2.68. The number of carbonyl (C=O) groups is 2. The molecule has 0 aromatic heterocycles. The summed E-state index contributed by atoms with van der Waals surface area (Å²) in [6, 6.07) is 6.26. The molecule has 1 unspecified atom stereocenters. The van der Waals surface area contributed by atoms with Crippen LogP contribution >= 0.6 is 0 Å². The van der Waals surface area contributed by atoms with Crippen molar-refractivity contribution in [3.8, 4) is 5.75 Å². The van der Waals surface area contributed by atoms with E-state index in [4.69, 9.17) is 9.47 Å². The number of imide groups is 1. The molecule has 0 aliphatic carbocycles. The number of aliphatic hydroxyl groups excluding tert-OH is 1. The van der Waals surface area contributed by atoms with Crippen molar-refractivity contribution >= 4 is 17.7 Å². The van der Waals surface area contributed by atoms with Crippen LogP contribution in [0.2, 0.25) is 0 Å². The molecular weight excluding hydrogens is 422 g/mol. The summed E-state index contributed by atoms with van der Waals surface area (Å²) in [6.45, 7) is 8.05. The molecule has 0 radical (unpaired) electrons. The van der Waals surface area contributed by atoms with Gasteiger partial charge in [0, 0.05) is 18.5 Å². The predicted molar refractivity (Wildman–Crippen MR) is 117 cm³/mol. The molecule has 1 aromatic carbocycles. The van der Waals surface area contributed by atoms with Gasteiger partial charge >= 0.3 is 6.09 Å². The summed E-state index contributed by atoms with van der Waals surface area (Å²) in [6.07, 6.45) is -0.917. The van der Waals surface area contributed by atoms with Crippen LogP contribution in [-0.4, -0.2) is 60.2 Å². The summed E-state index contributed by atoms with van der Waals surface area (Å²) in [5.74, 6) is -0.0290. The van der Waals surface area contributed by atoms with Gasteiger partial charge in [0.1, 0.15) is 18.5 Å². The normalized spacial score (nSPS) is 12.0. The van der Waals surface area contributed by atoms with Crippen molar-refractivity contribution in [1.82, 2.24) is 5.32 Å². The number of amides is 2. The zero-order valence-electron chi connectivity index (χ0n) is 19.0. The highest BCUT2D eigenvalue weighted by atomic mass is 16.9. The van der Waals surface area contributed by atoms with Crippen LogP contribution in [0.25, 0.3) is 0 Å². The molecule has 0 saturated carbocycles. The van der Waals surface area contributed by atoms with Gasteiger partial charge in [0.25, 0.3) is 5.09 Å². The topological polar surface area (TPSA) is 140 Å². The maximum absolute atomic E-state index is 12.6. The lowest BCUT2D eigenvalue weighted by atomic mass is 10.1. The number of anilines is 1. The van der Waals surface area contributed by atoms with Crippen LogP contribution in [0, 0.1) is 10.1 Å². The number of unbranched alkanes of at least 4 members (excludes halogenated alkanes) is 1. The summed E-state index contributed by atoms with van der Waals surface area (Å²) < 4.78 is 10.6. The van der Waals surface area contributed by atoms with E-state index in [1.54, 1.807) is 31.2 Å². The Balaban J connectivity index is 2.69. The van der Waals surface area contributed by atoms with E-state index in [2.05, 4.69) is 10.2 Å². The summed E-state index contributed by atoms with van der Waals surface area (Å²) in [5.41, 5.74) is 0.183. The van der Waals surface area contributed by atoms with Gasteiger partial charge in [-0.05, 0) is 64.8 Å². The van der Waals surface area contributed by atoms with Crippen molar-refractivity contribution in [2.45, 2.75) is 58.6 Å². The first-order valence-electron chi connectivity index (χ1n) is 10.5. The number of ether oxygens (including phenoxy) is 2. The van der Waals surface area contributed by atoms with Gasteiger partial charge in [-0.15, -0.1) is 10.1 Å². The Kier molecular flexibility index (Phi) is 11.4. The van der Waals surface area contributed by atoms with Gasteiger partial charge < -0.3 is 24.7 Å². The van der Waals surface area contributed by atoms with E-state index in [0.717, 1.165) is 4.90 Å². The maximum atomic E-state index is 12.6. The van der Waals surface area contributed by atoms with Crippen molar-refractivity contribution < 1.29 is 34.1 Å². The fraction of sp³-hybridized carbons (Fsp3) is 0.619. The third kappa shape index (κ3) is 10.9. The minimum atomic E-state index is -0.892. The lowest BCUT2D eigenvalue weighted by molar-refractivity contribution is -0.757. The zero-order chi connectivity index (χ0) is 24.1. The molecule has 11 nitrogen and oxygen atoms in total. The standard InChI is InChI=1S/C21H33N3O8/c1-5-30-20(27)23(19(26)8-6-7-13-32-24(28)29)16-9-11-18(12-10-16)31-15-17(25)14-22-21(2,3)4/h9-12,17,22,25H,5-8,13-15H2,1-4H3. The number of benzene rings is 1. The van der Waals surface area contributed by atoms with Crippen LogP contribution in [0.15, 0.2) is 24.3 Å². The van der Waals surface area contributed by atoms with Crippen molar-refractivity contribution in [3.05, 3.63) is 34.4 Å². The van der Waals surface area contributed by atoms with Gasteiger partial charge in [0.2, 0.25) is 5.91 Å². The quantitative estimate of drug-likeness (QED) is 0.261. The fourth-order valence-corrected chi connectivity index (χ4v) is 2.54. The van der Waals surface area contributed by atoms with E-state index in [9.17, 15) is 24.8 Å². The zero-order valence-corrected chi connectivity index (χ0v) is 19.0. The first kappa shape index (κ1) is 27.1. The number of β-amino-alcohol motifs (C(OH)–C–C–N with tert-alkyl or cyclic N) is 1. The third-order valence-corrected chi connectivity index (χ3v) is 4.09. The Labute approximate surface area is 187 Å². The van der Waals surface area contributed by atoms with Gasteiger partial charge in [0.05, 0.1) is 18.9 Å².